The van der Waals surface area contributed by atoms with Crippen molar-refractivity contribution < 1.29 is 14.3 Å². The lowest BCUT2D eigenvalue weighted by molar-refractivity contribution is 0.0601. The maximum atomic E-state index is 11.6. The highest BCUT2D eigenvalue weighted by Crippen LogP contribution is 2.27. The molecule has 7 nitrogen and oxygen atoms in total. The van der Waals surface area contributed by atoms with Gasteiger partial charge in [-0.05, 0) is 25.1 Å². The highest BCUT2D eigenvalue weighted by molar-refractivity contribution is 5.90. The Balaban J connectivity index is 2.34. The summed E-state index contributed by atoms with van der Waals surface area (Å²) in [5.74, 6) is 0.143. The predicted molar refractivity (Wildman–Crippen MR) is 85.6 cm³/mol. The van der Waals surface area contributed by atoms with Crippen LogP contribution in [0.15, 0.2) is 30.3 Å². The quantitative estimate of drug-likeness (QED) is 0.816. The summed E-state index contributed by atoms with van der Waals surface area (Å²) in [6.45, 7) is 2.15. The fourth-order valence-corrected chi connectivity index (χ4v) is 1.95. The predicted octanol–water partition coefficient (Wildman–Crippen LogP) is 2.46. The largest absolute Gasteiger partial charge is 0.477 e. The molecule has 0 aliphatic heterocycles. The summed E-state index contributed by atoms with van der Waals surface area (Å²) >= 11 is 0. The number of pyridine rings is 1. The summed E-state index contributed by atoms with van der Waals surface area (Å²) in [6.07, 6.45) is 0. The monoisotopic (exact) mass is 312 g/mol. The summed E-state index contributed by atoms with van der Waals surface area (Å²) in [5.41, 5.74) is 7.35. The number of nitrogen functional groups attached to an aromatic ring is 1. The topological polar surface area (TPSA) is 110 Å². The average molecular weight is 312 g/mol. The van der Waals surface area contributed by atoms with E-state index in [1.807, 2.05) is 6.07 Å². The number of nitrogens with two attached hydrogens (primary N) is 1. The van der Waals surface area contributed by atoms with E-state index in [1.54, 1.807) is 31.2 Å². The number of esters is 1. The van der Waals surface area contributed by atoms with Crippen molar-refractivity contribution in [3.8, 4) is 11.9 Å². The van der Waals surface area contributed by atoms with Crippen LogP contribution in [-0.4, -0.2) is 24.7 Å². The minimum Gasteiger partial charge on any atom is -0.477 e. The van der Waals surface area contributed by atoms with E-state index in [1.165, 1.54) is 13.2 Å². The van der Waals surface area contributed by atoms with Crippen molar-refractivity contribution in [1.29, 1.82) is 5.26 Å². The summed E-state index contributed by atoms with van der Waals surface area (Å²) in [6, 6.07) is 10.3. The Morgan fingerprint density at radius 1 is 1.43 bits per heavy atom. The molecule has 0 spiro atoms. The molecule has 3 N–H and O–H groups in total. The number of rotatable bonds is 5. The van der Waals surface area contributed by atoms with Gasteiger partial charge in [-0.1, -0.05) is 6.07 Å². The molecule has 0 amide bonds. The number of nitrogens with one attached hydrogen (secondary N) is 1. The van der Waals surface area contributed by atoms with Gasteiger partial charge in [-0.15, -0.1) is 0 Å². The Morgan fingerprint density at radius 3 is 2.87 bits per heavy atom. The van der Waals surface area contributed by atoms with Crippen LogP contribution in [0.2, 0.25) is 0 Å². The van der Waals surface area contributed by atoms with Gasteiger partial charge < -0.3 is 20.5 Å². The number of nitrogens with zero attached hydrogens (tertiary/aromatic N) is 2. The summed E-state index contributed by atoms with van der Waals surface area (Å²) < 4.78 is 10.0. The van der Waals surface area contributed by atoms with Crippen molar-refractivity contribution in [2.24, 2.45) is 0 Å². The molecule has 0 saturated heterocycles. The molecule has 0 saturated carbocycles. The number of anilines is 3. The normalized spacial score (nSPS) is 9.78. The molecule has 1 heterocycles. The zero-order chi connectivity index (χ0) is 16.8. The third kappa shape index (κ3) is 3.68. The van der Waals surface area contributed by atoms with E-state index in [2.05, 4.69) is 15.0 Å². The fraction of sp³-hybridized carbons (Fsp3) is 0.188. The summed E-state index contributed by atoms with van der Waals surface area (Å²) in [5, 5.41) is 12.1. The molecule has 2 rings (SSSR count). The number of nitriles is 1. The SMILES string of the molecule is CCOc1nc(Nc2cccc(C(=O)OC)c2)cc(N)c1C#N. The third-order valence-corrected chi connectivity index (χ3v) is 2.97. The van der Waals surface area contributed by atoms with Crippen LogP contribution in [-0.2, 0) is 4.74 Å². The van der Waals surface area contributed by atoms with Crippen molar-refractivity contribution in [3.63, 3.8) is 0 Å². The molecule has 0 radical (unpaired) electrons. The van der Waals surface area contributed by atoms with Gasteiger partial charge >= 0.3 is 5.97 Å². The van der Waals surface area contributed by atoms with E-state index >= 15 is 0 Å². The summed E-state index contributed by atoms with van der Waals surface area (Å²) in [4.78, 5) is 15.8. The Morgan fingerprint density at radius 2 is 2.22 bits per heavy atom. The van der Waals surface area contributed by atoms with Gasteiger partial charge in [0.25, 0.3) is 0 Å². The first-order chi connectivity index (χ1) is 11.1. The number of methoxy groups -OCH3 is 1. The smallest absolute Gasteiger partial charge is 0.337 e. The Kier molecular flexibility index (Phi) is 5.00. The van der Waals surface area contributed by atoms with Crippen LogP contribution in [0.3, 0.4) is 0 Å². The van der Waals surface area contributed by atoms with Gasteiger partial charge in [0.2, 0.25) is 5.88 Å². The minimum atomic E-state index is -0.434. The minimum absolute atomic E-state index is 0.168. The van der Waals surface area contributed by atoms with Crippen LogP contribution in [0.25, 0.3) is 0 Å². The van der Waals surface area contributed by atoms with E-state index < -0.39 is 5.97 Å². The standard InChI is InChI=1S/C16H16N4O3/c1-3-23-15-12(9-17)13(18)8-14(20-15)19-11-6-4-5-10(7-11)16(21)22-2/h4-8H,3H2,1-2H3,(H3,18,19,20). The van der Waals surface area contributed by atoms with Gasteiger partial charge in [0, 0.05) is 11.8 Å². The van der Waals surface area contributed by atoms with Crippen LogP contribution in [0.4, 0.5) is 17.2 Å². The molecule has 0 unspecified atom stereocenters. The molecule has 0 aliphatic carbocycles. The van der Waals surface area contributed by atoms with Crippen LogP contribution in [0, 0.1) is 11.3 Å². The number of carbonyl (C=O) groups is 1. The Bertz CT molecular complexity index is 768. The molecule has 1 aromatic carbocycles. The molecular weight excluding hydrogens is 296 g/mol. The molecule has 0 atom stereocenters. The lowest BCUT2D eigenvalue weighted by Crippen LogP contribution is -2.05. The zero-order valence-corrected chi connectivity index (χ0v) is 12.8. The molecule has 2 aromatic rings. The van der Waals surface area contributed by atoms with Gasteiger partial charge in [-0.3, -0.25) is 0 Å². The molecule has 118 valence electrons. The Hall–Kier alpha value is -3.27. The van der Waals surface area contributed by atoms with Gasteiger partial charge in [0.15, 0.2) is 0 Å². The van der Waals surface area contributed by atoms with Crippen LogP contribution in [0.5, 0.6) is 5.88 Å². The van der Waals surface area contributed by atoms with E-state index in [-0.39, 0.29) is 17.1 Å². The van der Waals surface area contributed by atoms with Crippen LogP contribution >= 0.6 is 0 Å². The second-order valence-electron chi connectivity index (χ2n) is 4.52. The number of carbonyl (C=O) groups excluding carboxylic acids is 1. The molecule has 0 fully saturated rings. The van der Waals surface area contributed by atoms with Crippen molar-refractivity contribution >= 4 is 23.2 Å². The van der Waals surface area contributed by atoms with Crippen molar-refractivity contribution in [2.45, 2.75) is 6.92 Å². The fourth-order valence-electron chi connectivity index (χ4n) is 1.95. The molecule has 23 heavy (non-hydrogen) atoms. The van der Waals surface area contributed by atoms with Crippen LogP contribution < -0.4 is 15.8 Å². The van der Waals surface area contributed by atoms with Gasteiger partial charge in [0.1, 0.15) is 17.5 Å². The highest BCUT2D eigenvalue weighted by atomic mass is 16.5. The first-order valence-electron chi connectivity index (χ1n) is 6.87. The molecule has 0 bridgehead atoms. The number of hydrogen-bond acceptors (Lipinski definition) is 7. The molecule has 0 aliphatic rings. The van der Waals surface area contributed by atoms with Gasteiger partial charge in [0.05, 0.1) is 25.0 Å². The van der Waals surface area contributed by atoms with Crippen molar-refractivity contribution in [3.05, 3.63) is 41.5 Å². The zero-order valence-electron chi connectivity index (χ0n) is 12.8. The van der Waals surface area contributed by atoms with E-state index in [9.17, 15) is 4.79 Å². The average Bonchev–Trinajstić information content (AvgIpc) is 2.54. The Labute approximate surface area is 133 Å². The number of aromatic nitrogens is 1. The second kappa shape index (κ2) is 7.13. The lowest BCUT2D eigenvalue weighted by Gasteiger charge is -2.11. The molecule has 7 heteroatoms. The van der Waals surface area contributed by atoms with Gasteiger partial charge in [-0.2, -0.15) is 10.2 Å². The molecule has 1 aromatic heterocycles. The first-order valence-corrected chi connectivity index (χ1v) is 6.87. The maximum Gasteiger partial charge on any atom is 0.337 e. The maximum absolute atomic E-state index is 11.6. The van der Waals surface area contributed by atoms with E-state index in [4.69, 9.17) is 15.7 Å². The lowest BCUT2D eigenvalue weighted by atomic mass is 10.2. The van der Waals surface area contributed by atoms with Crippen LogP contribution in [0.1, 0.15) is 22.8 Å². The van der Waals surface area contributed by atoms with Gasteiger partial charge in [-0.25, -0.2) is 4.79 Å². The van der Waals surface area contributed by atoms with E-state index in [0.29, 0.717) is 23.7 Å². The number of benzene rings is 1. The first kappa shape index (κ1) is 16.1. The third-order valence-electron chi connectivity index (χ3n) is 2.97. The second-order valence-corrected chi connectivity index (χ2v) is 4.52. The van der Waals surface area contributed by atoms with Crippen molar-refractivity contribution in [1.82, 2.24) is 4.98 Å². The van der Waals surface area contributed by atoms with E-state index in [0.717, 1.165) is 0 Å². The molecular formula is C16H16N4O3. The number of ether oxygens (including phenoxy) is 2. The number of hydrogen-bond donors (Lipinski definition) is 2. The summed E-state index contributed by atoms with van der Waals surface area (Å²) in [7, 11) is 1.32. The van der Waals surface area contributed by atoms with Crippen molar-refractivity contribution in [2.75, 3.05) is 24.8 Å². The highest BCUT2D eigenvalue weighted by Gasteiger charge is 2.12.